The lowest BCUT2D eigenvalue weighted by atomic mass is 10.1. The molecule has 0 bridgehead atoms. The summed E-state index contributed by atoms with van der Waals surface area (Å²) in [5.41, 5.74) is 1.94. The molecule has 0 fully saturated rings. The zero-order valence-corrected chi connectivity index (χ0v) is 15.1. The Labute approximate surface area is 157 Å². The molecule has 1 aliphatic rings. The normalized spacial score (nSPS) is 16.6. The van der Waals surface area contributed by atoms with Gasteiger partial charge in [-0.25, -0.2) is 9.67 Å². The van der Waals surface area contributed by atoms with E-state index in [2.05, 4.69) is 10.1 Å². The summed E-state index contributed by atoms with van der Waals surface area (Å²) >= 11 is 0. The third-order valence-corrected chi connectivity index (χ3v) is 4.77. The van der Waals surface area contributed by atoms with Gasteiger partial charge in [0, 0.05) is 7.05 Å². The second-order valence-corrected chi connectivity index (χ2v) is 6.42. The van der Waals surface area contributed by atoms with Crippen molar-refractivity contribution in [3.05, 3.63) is 66.7 Å². The van der Waals surface area contributed by atoms with E-state index in [0.29, 0.717) is 11.5 Å². The lowest BCUT2D eigenvalue weighted by Crippen LogP contribution is -2.45. The van der Waals surface area contributed by atoms with Gasteiger partial charge in [0.05, 0.1) is 11.7 Å². The van der Waals surface area contributed by atoms with Gasteiger partial charge in [0.2, 0.25) is 6.10 Å². The van der Waals surface area contributed by atoms with Crippen LogP contribution in [0.25, 0.3) is 5.69 Å². The fraction of sp³-hybridized carbons (Fsp3) is 0.250. The largest absolute Gasteiger partial charge is 0.485 e. The molecule has 2 heterocycles. The summed E-state index contributed by atoms with van der Waals surface area (Å²) < 4.78 is 13.2. The van der Waals surface area contributed by atoms with Crippen LogP contribution in [0.2, 0.25) is 0 Å². The quantitative estimate of drug-likeness (QED) is 0.712. The van der Waals surface area contributed by atoms with Crippen LogP contribution in [0.3, 0.4) is 0 Å². The van der Waals surface area contributed by atoms with Crippen LogP contribution in [0.1, 0.15) is 18.5 Å². The van der Waals surface area contributed by atoms with Crippen molar-refractivity contribution >= 4 is 5.91 Å². The molecule has 0 spiro atoms. The highest BCUT2D eigenvalue weighted by atomic mass is 16.6. The average molecular weight is 364 g/mol. The third-order valence-electron chi connectivity index (χ3n) is 4.77. The predicted octanol–water partition coefficient (Wildman–Crippen LogP) is 2.63. The molecule has 2 aromatic carbocycles. The minimum atomic E-state index is -0.651. The lowest BCUT2D eigenvalue weighted by molar-refractivity contribution is -0.141. The molecule has 138 valence electrons. The van der Waals surface area contributed by atoms with Crippen molar-refractivity contribution in [2.24, 2.45) is 0 Å². The monoisotopic (exact) mass is 364 g/mol. The number of nitrogens with zero attached hydrogens (tertiary/aromatic N) is 4. The average Bonchev–Trinajstić information content (AvgIpc) is 3.27. The first-order valence-electron chi connectivity index (χ1n) is 8.73. The van der Waals surface area contributed by atoms with Crippen molar-refractivity contribution < 1.29 is 14.3 Å². The summed E-state index contributed by atoms with van der Waals surface area (Å²) in [6, 6.07) is 15.1. The zero-order chi connectivity index (χ0) is 18.8. The number of ether oxygens (including phenoxy) is 2. The first-order valence-corrected chi connectivity index (χ1v) is 8.73. The Kier molecular flexibility index (Phi) is 4.50. The Morgan fingerprint density at radius 3 is 2.63 bits per heavy atom. The Morgan fingerprint density at radius 2 is 1.93 bits per heavy atom. The first kappa shape index (κ1) is 17.1. The SMILES string of the molecule is C[C@H](c1ccc(-n2cncn2)cc1)N(C)C(=O)[C@@H]1COc2ccccc2O1. The van der Waals surface area contributed by atoms with Crippen molar-refractivity contribution in [3.63, 3.8) is 0 Å². The number of carbonyl (C=O) groups is 1. The Morgan fingerprint density at radius 1 is 1.19 bits per heavy atom. The summed E-state index contributed by atoms with van der Waals surface area (Å²) in [5.74, 6) is 1.15. The Balaban J connectivity index is 1.46. The van der Waals surface area contributed by atoms with E-state index >= 15 is 0 Å². The Bertz CT molecular complexity index is 925. The molecular weight excluding hydrogens is 344 g/mol. The molecule has 27 heavy (non-hydrogen) atoms. The molecule has 1 aliphatic heterocycles. The molecule has 0 unspecified atom stereocenters. The van der Waals surface area contributed by atoms with Crippen molar-refractivity contribution in [3.8, 4) is 17.2 Å². The number of fused-ring (bicyclic) bond motifs is 1. The fourth-order valence-corrected chi connectivity index (χ4v) is 3.03. The number of carbonyl (C=O) groups excluding carboxylic acids is 1. The summed E-state index contributed by atoms with van der Waals surface area (Å²) in [6.45, 7) is 2.19. The van der Waals surface area contributed by atoms with Crippen LogP contribution in [0.15, 0.2) is 61.2 Å². The topological polar surface area (TPSA) is 69.5 Å². The number of para-hydroxylation sites is 2. The van der Waals surface area contributed by atoms with Crippen molar-refractivity contribution in [1.82, 2.24) is 19.7 Å². The highest BCUT2D eigenvalue weighted by Crippen LogP contribution is 2.32. The molecule has 1 amide bonds. The molecule has 1 aromatic heterocycles. The molecule has 2 atom stereocenters. The van der Waals surface area contributed by atoms with Crippen LogP contribution in [-0.2, 0) is 4.79 Å². The standard InChI is InChI=1S/C20H20N4O3/c1-14(15-7-9-16(10-8-15)24-13-21-12-22-24)23(2)20(25)19-11-26-17-5-3-4-6-18(17)27-19/h3-10,12-14,19H,11H2,1-2H3/t14-,19+/m1/s1. The lowest BCUT2D eigenvalue weighted by Gasteiger charge is -2.32. The zero-order valence-electron chi connectivity index (χ0n) is 15.1. The van der Waals surface area contributed by atoms with Crippen LogP contribution < -0.4 is 9.47 Å². The van der Waals surface area contributed by atoms with Gasteiger partial charge < -0.3 is 14.4 Å². The number of aromatic nitrogens is 3. The van der Waals surface area contributed by atoms with Crippen molar-refractivity contribution in [1.29, 1.82) is 0 Å². The van der Waals surface area contributed by atoms with Gasteiger partial charge >= 0.3 is 0 Å². The molecule has 3 aromatic rings. The second-order valence-electron chi connectivity index (χ2n) is 6.42. The summed E-state index contributed by atoms with van der Waals surface area (Å²) in [4.78, 5) is 18.5. The van der Waals surface area contributed by atoms with Crippen LogP contribution in [0.5, 0.6) is 11.5 Å². The van der Waals surface area contributed by atoms with E-state index in [1.165, 1.54) is 6.33 Å². The van der Waals surface area contributed by atoms with E-state index in [1.54, 1.807) is 29.0 Å². The predicted molar refractivity (Wildman–Crippen MR) is 98.9 cm³/mol. The molecule has 7 heteroatoms. The third kappa shape index (κ3) is 3.36. The van der Waals surface area contributed by atoms with Crippen LogP contribution in [0.4, 0.5) is 0 Å². The number of likely N-dealkylation sites (N-methyl/N-ethyl adjacent to an activating group) is 1. The number of hydrogen-bond donors (Lipinski definition) is 0. The van der Waals surface area contributed by atoms with Crippen molar-refractivity contribution in [2.75, 3.05) is 13.7 Å². The maximum absolute atomic E-state index is 12.9. The highest BCUT2D eigenvalue weighted by Gasteiger charge is 2.31. The fourth-order valence-electron chi connectivity index (χ4n) is 3.03. The Hall–Kier alpha value is -3.35. The maximum atomic E-state index is 12.9. The molecule has 7 nitrogen and oxygen atoms in total. The van der Waals surface area contributed by atoms with Crippen molar-refractivity contribution in [2.45, 2.75) is 19.1 Å². The number of rotatable bonds is 4. The molecule has 0 radical (unpaired) electrons. The molecule has 0 N–H and O–H groups in total. The van der Waals surface area contributed by atoms with Gasteiger partial charge in [0.25, 0.3) is 5.91 Å². The van der Waals surface area contributed by atoms with Gasteiger partial charge in [0.1, 0.15) is 19.3 Å². The van der Waals surface area contributed by atoms with Gasteiger partial charge in [-0.05, 0) is 36.8 Å². The van der Waals surface area contributed by atoms with Gasteiger partial charge in [-0.1, -0.05) is 24.3 Å². The van der Waals surface area contributed by atoms with Crippen LogP contribution >= 0.6 is 0 Å². The minimum Gasteiger partial charge on any atom is -0.485 e. The second kappa shape index (κ2) is 7.11. The van der Waals surface area contributed by atoms with Gasteiger partial charge in [-0.2, -0.15) is 5.10 Å². The molecular formula is C20H20N4O3. The molecule has 4 rings (SSSR count). The van der Waals surface area contributed by atoms with E-state index in [-0.39, 0.29) is 18.6 Å². The maximum Gasteiger partial charge on any atom is 0.267 e. The number of hydrogen-bond acceptors (Lipinski definition) is 5. The smallest absolute Gasteiger partial charge is 0.267 e. The molecule has 0 aliphatic carbocycles. The number of amides is 1. The minimum absolute atomic E-state index is 0.108. The van der Waals surface area contributed by atoms with E-state index < -0.39 is 6.10 Å². The molecule has 0 saturated carbocycles. The van der Waals surface area contributed by atoms with E-state index in [9.17, 15) is 4.79 Å². The van der Waals surface area contributed by atoms with Gasteiger partial charge in [-0.15, -0.1) is 0 Å². The first-order chi connectivity index (χ1) is 13.1. The van der Waals surface area contributed by atoms with E-state index in [4.69, 9.17) is 9.47 Å². The summed E-state index contributed by atoms with van der Waals surface area (Å²) in [5, 5.41) is 4.11. The van der Waals surface area contributed by atoms with Crippen LogP contribution in [0, 0.1) is 0 Å². The van der Waals surface area contributed by atoms with E-state index in [1.807, 2.05) is 49.4 Å². The molecule has 0 saturated heterocycles. The summed E-state index contributed by atoms with van der Waals surface area (Å²) in [7, 11) is 1.78. The summed E-state index contributed by atoms with van der Waals surface area (Å²) in [6.07, 6.45) is 2.49. The van der Waals surface area contributed by atoms with Gasteiger partial charge in [-0.3, -0.25) is 4.79 Å². The van der Waals surface area contributed by atoms with Gasteiger partial charge in [0.15, 0.2) is 11.5 Å². The highest BCUT2D eigenvalue weighted by molar-refractivity contribution is 5.82. The van der Waals surface area contributed by atoms with Crippen LogP contribution in [-0.4, -0.2) is 45.3 Å². The number of benzene rings is 2. The van der Waals surface area contributed by atoms with E-state index in [0.717, 1.165) is 11.3 Å².